The number of hydrogen-bond donors (Lipinski definition) is 2. The molecule has 3 aromatic rings. The van der Waals surface area contributed by atoms with Crippen LogP contribution in [0.1, 0.15) is 54.2 Å². The molecule has 7 heteroatoms. The van der Waals surface area contributed by atoms with Crippen LogP contribution in [0.5, 0.6) is 0 Å². The monoisotopic (exact) mass is 494 g/mol. The predicted octanol–water partition coefficient (Wildman–Crippen LogP) is 4.49. The Kier molecular flexibility index (Phi) is 8.60. The lowest BCUT2D eigenvalue weighted by Crippen LogP contribution is -2.54. The largest absolute Gasteiger partial charge is 0.391 e. The summed E-state index contributed by atoms with van der Waals surface area (Å²) in [4.78, 5) is 20.7. The molecule has 0 spiro atoms. The number of aliphatic hydroxyl groups excluding tert-OH is 1. The summed E-state index contributed by atoms with van der Waals surface area (Å²) in [7, 11) is 0. The van der Waals surface area contributed by atoms with E-state index in [-0.39, 0.29) is 30.4 Å². The number of nitrogens with one attached hydrogen (secondary N) is 1. The van der Waals surface area contributed by atoms with Crippen molar-refractivity contribution in [2.75, 3.05) is 19.6 Å². The molecule has 1 aromatic heterocycles. The summed E-state index contributed by atoms with van der Waals surface area (Å²) in [6, 6.07) is 20.4. The normalized spacial score (nSPS) is 22.8. The lowest BCUT2D eigenvalue weighted by Gasteiger charge is -2.36. The number of hydrogen-bond acceptors (Lipinski definition) is 4. The van der Waals surface area contributed by atoms with E-state index in [9.17, 15) is 9.90 Å². The molecule has 6 nitrogen and oxygen atoms in total. The van der Waals surface area contributed by atoms with E-state index >= 15 is 0 Å². The van der Waals surface area contributed by atoms with Crippen molar-refractivity contribution in [2.24, 2.45) is 0 Å². The molecule has 1 saturated heterocycles. The maximum Gasteiger partial charge on any atom is 0.275 e. The lowest BCUT2D eigenvalue weighted by molar-refractivity contribution is 0.0630. The Labute approximate surface area is 213 Å². The van der Waals surface area contributed by atoms with Gasteiger partial charge >= 0.3 is 0 Å². The molecule has 0 bridgehead atoms. The zero-order valence-electron chi connectivity index (χ0n) is 20.1. The highest BCUT2D eigenvalue weighted by molar-refractivity contribution is 5.98. The summed E-state index contributed by atoms with van der Waals surface area (Å²) in [5.41, 5.74) is 3.51. The first kappa shape index (κ1) is 25.4. The summed E-state index contributed by atoms with van der Waals surface area (Å²) >= 11 is 0. The van der Waals surface area contributed by atoms with Gasteiger partial charge in [-0.25, -0.2) is 4.98 Å². The first-order valence-corrected chi connectivity index (χ1v) is 12.6. The van der Waals surface area contributed by atoms with Gasteiger partial charge in [-0.2, -0.15) is 0 Å². The van der Waals surface area contributed by atoms with Crippen LogP contribution >= 0.6 is 12.4 Å². The number of nitrogens with zero attached hydrogens (tertiary/aromatic N) is 3. The summed E-state index contributed by atoms with van der Waals surface area (Å²) in [5, 5.41) is 14.4. The van der Waals surface area contributed by atoms with Gasteiger partial charge in [0.15, 0.2) is 5.69 Å². The SMILES string of the molecule is Cl.O=C(c1ncn([C@H]2CCCCC[C@H]2O)c1-c1ccccc1)N1CCNC[C@H]1Cc1ccccc1. The van der Waals surface area contributed by atoms with Gasteiger partial charge in [-0.05, 0) is 24.8 Å². The highest BCUT2D eigenvalue weighted by Crippen LogP contribution is 2.34. The van der Waals surface area contributed by atoms with E-state index in [0.29, 0.717) is 12.2 Å². The van der Waals surface area contributed by atoms with Crippen LogP contribution in [0.15, 0.2) is 67.0 Å². The van der Waals surface area contributed by atoms with Crippen LogP contribution in [0.25, 0.3) is 11.3 Å². The Balaban J connectivity index is 0.00000289. The van der Waals surface area contributed by atoms with Gasteiger partial charge in [-0.15, -0.1) is 12.4 Å². The lowest BCUT2D eigenvalue weighted by atomic mass is 10.0. The van der Waals surface area contributed by atoms with Crippen molar-refractivity contribution < 1.29 is 9.90 Å². The average Bonchev–Trinajstić information content (AvgIpc) is 3.20. The standard InChI is InChI=1S/C28H34N4O2.ClH/c33-25-15-9-3-8-14-24(25)32-20-30-26(27(32)22-12-6-2-7-13-22)28(34)31-17-16-29-19-23(31)18-21-10-4-1-5-11-21;/h1-2,4-7,10-13,20,23-25,29,33H,3,8-9,14-19H2;1H/t23-,24+,25-;/m1./s1. The summed E-state index contributed by atoms with van der Waals surface area (Å²) in [6.45, 7) is 2.20. The summed E-state index contributed by atoms with van der Waals surface area (Å²) in [6.07, 6.45) is 7.11. The van der Waals surface area contributed by atoms with E-state index in [1.54, 1.807) is 6.33 Å². The fraction of sp³-hybridized carbons (Fsp3) is 0.429. The Hall–Kier alpha value is -2.67. The van der Waals surface area contributed by atoms with E-state index in [1.807, 2.05) is 53.4 Å². The number of piperazine rings is 1. The van der Waals surface area contributed by atoms with Gasteiger partial charge in [-0.3, -0.25) is 4.79 Å². The molecule has 1 aliphatic carbocycles. The third-order valence-corrected chi connectivity index (χ3v) is 7.27. The van der Waals surface area contributed by atoms with Crippen molar-refractivity contribution in [3.05, 3.63) is 78.2 Å². The van der Waals surface area contributed by atoms with Gasteiger partial charge in [0.2, 0.25) is 0 Å². The minimum absolute atomic E-state index is 0. The third kappa shape index (κ3) is 5.61. The first-order valence-electron chi connectivity index (χ1n) is 12.6. The molecule has 2 heterocycles. The third-order valence-electron chi connectivity index (χ3n) is 7.27. The Morgan fingerprint density at radius 2 is 1.71 bits per heavy atom. The van der Waals surface area contributed by atoms with E-state index in [0.717, 1.165) is 62.9 Å². The molecule has 5 rings (SSSR count). The van der Waals surface area contributed by atoms with Gasteiger partial charge in [0.05, 0.1) is 24.2 Å². The van der Waals surface area contributed by atoms with E-state index < -0.39 is 6.10 Å². The predicted molar refractivity (Wildman–Crippen MR) is 141 cm³/mol. The second kappa shape index (κ2) is 11.8. The molecule has 2 N–H and O–H groups in total. The average molecular weight is 495 g/mol. The van der Waals surface area contributed by atoms with Crippen molar-refractivity contribution in [2.45, 2.75) is 56.7 Å². The van der Waals surface area contributed by atoms with Crippen molar-refractivity contribution in [1.29, 1.82) is 0 Å². The molecule has 0 unspecified atom stereocenters. The van der Waals surface area contributed by atoms with Gasteiger partial charge in [0.25, 0.3) is 5.91 Å². The minimum Gasteiger partial charge on any atom is -0.391 e. The maximum absolute atomic E-state index is 14.0. The summed E-state index contributed by atoms with van der Waals surface area (Å²) < 4.78 is 2.08. The van der Waals surface area contributed by atoms with Crippen LogP contribution < -0.4 is 5.32 Å². The number of benzene rings is 2. The van der Waals surface area contributed by atoms with Crippen molar-refractivity contribution in [1.82, 2.24) is 19.8 Å². The molecule has 0 radical (unpaired) electrons. The van der Waals surface area contributed by atoms with Crippen LogP contribution in [0, 0.1) is 0 Å². The summed E-state index contributed by atoms with van der Waals surface area (Å²) in [5.74, 6) is -0.0249. The number of amides is 1. The topological polar surface area (TPSA) is 70.4 Å². The van der Waals surface area contributed by atoms with Crippen molar-refractivity contribution in [3.8, 4) is 11.3 Å². The molecule has 1 amide bonds. The van der Waals surface area contributed by atoms with E-state index in [2.05, 4.69) is 27.0 Å². The quantitative estimate of drug-likeness (QED) is 0.512. The second-order valence-corrected chi connectivity index (χ2v) is 9.53. The van der Waals surface area contributed by atoms with Gasteiger partial charge in [0, 0.05) is 31.2 Å². The number of rotatable bonds is 5. The van der Waals surface area contributed by atoms with Gasteiger partial charge in [-0.1, -0.05) is 79.9 Å². The highest BCUT2D eigenvalue weighted by Gasteiger charge is 2.33. The number of carbonyl (C=O) groups excluding carboxylic acids is 1. The maximum atomic E-state index is 14.0. The molecule has 2 fully saturated rings. The van der Waals surface area contributed by atoms with Crippen LogP contribution in [-0.2, 0) is 6.42 Å². The second-order valence-electron chi connectivity index (χ2n) is 9.53. The van der Waals surface area contributed by atoms with Gasteiger partial charge in [0.1, 0.15) is 0 Å². The number of aromatic nitrogens is 2. The fourth-order valence-corrected chi connectivity index (χ4v) is 5.48. The van der Waals surface area contributed by atoms with Crippen molar-refractivity contribution in [3.63, 3.8) is 0 Å². The zero-order chi connectivity index (χ0) is 23.3. The number of aliphatic hydroxyl groups is 1. The molecular weight excluding hydrogens is 460 g/mol. The number of carbonyl (C=O) groups is 1. The molecule has 2 aromatic carbocycles. The molecule has 35 heavy (non-hydrogen) atoms. The molecule has 2 aliphatic rings. The van der Waals surface area contributed by atoms with Crippen LogP contribution in [-0.4, -0.2) is 57.2 Å². The number of imidazole rings is 1. The van der Waals surface area contributed by atoms with Crippen molar-refractivity contribution >= 4 is 18.3 Å². The smallest absolute Gasteiger partial charge is 0.275 e. The van der Waals surface area contributed by atoms with E-state index in [1.165, 1.54) is 5.56 Å². The van der Waals surface area contributed by atoms with Crippen LogP contribution in [0.4, 0.5) is 0 Å². The van der Waals surface area contributed by atoms with Crippen LogP contribution in [0.2, 0.25) is 0 Å². The van der Waals surface area contributed by atoms with E-state index in [4.69, 9.17) is 0 Å². The fourth-order valence-electron chi connectivity index (χ4n) is 5.48. The molecule has 3 atom stereocenters. The Morgan fingerprint density at radius 1 is 1.00 bits per heavy atom. The minimum atomic E-state index is -0.424. The van der Waals surface area contributed by atoms with Gasteiger partial charge < -0.3 is 19.9 Å². The first-order chi connectivity index (χ1) is 16.7. The Bertz CT molecular complexity index is 1090. The molecule has 1 saturated carbocycles. The molecule has 186 valence electrons. The highest BCUT2D eigenvalue weighted by atomic mass is 35.5. The number of halogens is 1. The van der Waals surface area contributed by atoms with Crippen LogP contribution in [0.3, 0.4) is 0 Å². The Morgan fingerprint density at radius 3 is 2.49 bits per heavy atom. The molecular formula is C28H35ClN4O2. The molecule has 1 aliphatic heterocycles. The zero-order valence-corrected chi connectivity index (χ0v) is 20.9.